The summed E-state index contributed by atoms with van der Waals surface area (Å²) in [5, 5.41) is 9.20. The zero-order chi connectivity index (χ0) is 17.5. The molecule has 0 fully saturated rings. The highest BCUT2D eigenvalue weighted by molar-refractivity contribution is 6.01. The summed E-state index contributed by atoms with van der Waals surface area (Å²) in [4.78, 5) is 17.6. The summed E-state index contributed by atoms with van der Waals surface area (Å²) in [5.74, 6) is 1.18. The Morgan fingerprint density at radius 2 is 2.21 bits per heavy atom. The highest BCUT2D eigenvalue weighted by Crippen LogP contribution is 2.31. The van der Waals surface area contributed by atoms with Crippen LogP contribution in [0, 0.1) is 0 Å². The molecule has 130 valence electrons. The van der Waals surface area contributed by atoms with Crippen LogP contribution >= 0.6 is 0 Å². The van der Waals surface area contributed by atoms with Crippen molar-refractivity contribution in [2.24, 2.45) is 4.99 Å². The predicted octanol–water partition coefficient (Wildman–Crippen LogP) is 2.64. The largest absolute Gasteiger partial charge is 0.490 e. The van der Waals surface area contributed by atoms with Crippen LogP contribution in [0.4, 0.5) is 0 Å². The SMILES string of the molecule is C=C1C(CCO)=C(C)N=C2C(OCCCCC(=O)OC)=CC=CN12. The van der Waals surface area contributed by atoms with Crippen molar-refractivity contribution in [2.75, 3.05) is 20.3 Å². The number of ether oxygens (including phenoxy) is 2. The number of allylic oxidation sites excluding steroid dienone is 4. The van der Waals surface area contributed by atoms with E-state index in [0.29, 0.717) is 31.0 Å². The molecule has 2 heterocycles. The molecule has 0 amide bonds. The van der Waals surface area contributed by atoms with E-state index in [9.17, 15) is 9.90 Å². The van der Waals surface area contributed by atoms with Crippen molar-refractivity contribution in [2.45, 2.75) is 32.6 Å². The van der Waals surface area contributed by atoms with Gasteiger partial charge in [-0.25, -0.2) is 4.99 Å². The number of aliphatic imine (C=N–C) groups is 1. The van der Waals surface area contributed by atoms with Gasteiger partial charge in [0.25, 0.3) is 0 Å². The smallest absolute Gasteiger partial charge is 0.305 e. The van der Waals surface area contributed by atoms with E-state index in [1.54, 1.807) is 0 Å². The average molecular weight is 332 g/mol. The van der Waals surface area contributed by atoms with Crippen molar-refractivity contribution in [3.05, 3.63) is 47.7 Å². The molecule has 0 aliphatic carbocycles. The van der Waals surface area contributed by atoms with Crippen molar-refractivity contribution in [1.29, 1.82) is 0 Å². The monoisotopic (exact) mass is 332 g/mol. The van der Waals surface area contributed by atoms with E-state index in [1.165, 1.54) is 7.11 Å². The molecule has 24 heavy (non-hydrogen) atoms. The van der Waals surface area contributed by atoms with Gasteiger partial charge in [0.15, 0.2) is 11.6 Å². The Hall–Kier alpha value is -2.34. The zero-order valence-electron chi connectivity index (χ0n) is 14.2. The van der Waals surface area contributed by atoms with E-state index < -0.39 is 0 Å². The van der Waals surface area contributed by atoms with Gasteiger partial charge in [-0.05, 0) is 43.9 Å². The summed E-state index contributed by atoms with van der Waals surface area (Å²) in [6.07, 6.45) is 8.04. The molecule has 0 aromatic carbocycles. The Balaban J connectivity index is 1.98. The number of unbranched alkanes of at least 4 members (excludes halogenated alkanes) is 1. The predicted molar refractivity (Wildman–Crippen MR) is 91.9 cm³/mol. The molecule has 6 nitrogen and oxygen atoms in total. The first-order chi connectivity index (χ1) is 11.6. The lowest BCUT2D eigenvalue weighted by Crippen LogP contribution is -2.33. The lowest BCUT2D eigenvalue weighted by Gasteiger charge is -2.33. The topological polar surface area (TPSA) is 71.4 Å². The van der Waals surface area contributed by atoms with Crippen molar-refractivity contribution >= 4 is 11.8 Å². The first kappa shape index (κ1) is 18.0. The number of esters is 1. The van der Waals surface area contributed by atoms with Gasteiger partial charge < -0.3 is 14.6 Å². The molecule has 0 spiro atoms. The van der Waals surface area contributed by atoms with Gasteiger partial charge in [0.2, 0.25) is 0 Å². The van der Waals surface area contributed by atoms with E-state index in [1.807, 2.05) is 30.2 Å². The van der Waals surface area contributed by atoms with Crippen molar-refractivity contribution in [3.63, 3.8) is 0 Å². The lowest BCUT2D eigenvalue weighted by molar-refractivity contribution is -0.140. The molecule has 2 aliphatic rings. The fourth-order valence-corrected chi connectivity index (χ4v) is 2.59. The van der Waals surface area contributed by atoms with Crippen LogP contribution in [0.1, 0.15) is 32.6 Å². The van der Waals surface area contributed by atoms with Gasteiger partial charge >= 0.3 is 5.97 Å². The number of fused-ring (bicyclic) bond motifs is 1. The quantitative estimate of drug-likeness (QED) is 0.546. The molecule has 1 N–H and O–H groups in total. The van der Waals surface area contributed by atoms with Crippen molar-refractivity contribution in [1.82, 2.24) is 4.90 Å². The van der Waals surface area contributed by atoms with Crippen LogP contribution in [0.25, 0.3) is 0 Å². The van der Waals surface area contributed by atoms with Gasteiger partial charge in [0.05, 0.1) is 13.7 Å². The third-order valence-electron chi connectivity index (χ3n) is 3.90. The summed E-state index contributed by atoms with van der Waals surface area (Å²) in [5.41, 5.74) is 2.60. The zero-order valence-corrected chi connectivity index (χ0v) is 14.2. The molecule has 0 aromatic heterocycles. The summed E-state index contributed by atoms with van der Waals surface area (Å²) in [7, 11) is 1.39. The minimum atomic E-state index is -0.203. The molecular weight excluding hydrogens is 308 g/mol. The second-order valence-corrected chi connectivity index (χ2v) is 5.54. The molecule has 0 saturated carbocycles. The lowest BCUT2D eigenvalue weighted by atomic mass is 10.0. The van der Waals surface area contributed by atoms with Crippen molar-refractivity contribution in [3.8, 4) is 0 Å². The molecular formula is C18H24N2O4. The second-order valence-electron chi connectivity index (χ2n) is 5.54. The van der Waals surface area contributed by atoms with Gasteiger partial charge in [-0.2, -0.15) is 0 Å². The number of rotatable bonds is 8. The number of carbonyl (C=O) groups is 1. The van der Waals surface area contributed by atoms with E-state index in [-0.39, 0.29) is 12.6 Å². The number of carbonyl (C=O) groups excluding carboxylic acids is 1. The number of aliphatic hydroxyl groups is 1. The number of nitrogens with zero attached hydrogens (tertiary/aromatic N) is 2. The van der Waals surface area contributed by atoms with E-state index in [2.05, 4.69) is 16.3 Å². The van der Waals surface area contributed by atoms with E-state index in [4.69, 9.17) is 4.74 Å². The average Bonchev–Trinajstić information content (AvgIpc) is 2.58. The Morgan fingerprint density at radius 1 is 1.42 bits per heavy atom. The molecule has 0 saturated heterocycles. The van der Waals surface area contributed by atoms with Crippen LogP contribution in [0.5, 0.6) is 0 Å². The molecule has 2 rings (SSSR count). The number of methoxy groups -OCH3 is 1. The van der Waals surface area contributed by atoms with Gasteiger partial charge in [-0.1, -0.05) is 6.58 Å². The molecule has 6 heteroatoms. The molecule has 0 atom stereocenters. The second kappa shape index (κ2) is 8.49. The van der Waals surface area contributed by atoms with Gasteiger partial charge in [-0.3, -0.25) is 9.69 Å². The van der Waals surface area contributed by atoms with E-state index in [0.717, 1.165) is 29.8 Å². The fraction of sp³-hybridized carbons (Fsp3) is 0.444. The van der Waals surface area contributed by atoms with Crippen LogP contribution in [-0.4, -0.2) is 42.1 Å². The van der Waals surface area contributed by atoms with Gasteiger partial charge in [-0.15, -0.1) is 0 Å². The maximum absolute atomic E-state index is 11.1. The number of aliphatic hydroxyl groups excluding tert-OH is 1. The maximum atomic E-state index is 11.1. The number of amidine groups is 1. The van der Waals surface area contributed by atoms with Gasteiger partial charge in [0, 0.05) is 30.6 Å². The molecule has 0 radical (unpaired) electrons. The Kier molecular flexibility index (Phi) is 6.37. The Labute approximate surface area is 142 Å². The Bertz CT molecular complexity index is 629. The molecule has 0 aromatic rings. The molecule has 0 unspecified atom stereocenters. The van der Waals surface area contributed by atoms with Gasteiger partial charge in [0.1, 0.15) is 0 Å². The normalized spacial score (nSPS) is 16.6. The van der Waals surface area contributed by atoms with Crippen LogP contribution in [0.15, 0.2) is 52.6 Å². The fourth-order valence-electron chi connectivity index (χ4n) is 2.59. The number of hydrogen-bond donors (Lipinski definition) is 1. The highest BCUT2D eigenvalue weighted by atomic mass is 16.5. The first-order valence-corrected chi connectivity index (χ1v) is 8.04. The van der Waals surface area contributed by atoms with Crippen LogP contribution in [-0.2, 0) is 14.3 Å². The summed E-state index contributed by atoms with van der Waals surface area (Å²) < 4.78 is 10.4. The summed E-state index contributed by atoms with van der Waals surface area (Å²) in [6.45, 7) is 6.59. The van der Waals surface area contributed by atoms with Crippen LogP contribution < -0.4 is 0 Å². The number of hydrogen-bond acceptors (Lipinski definition) is 6. The minimum absolute atomic E-state index is 0.0630. The van der Waals surface area contributed by atoms with Crippen LogP contribution in [0.3, 0.4) is 0 Å². The minimum Gasteiger partial charge on any atom is -0.490 e. The standard InChI is InChI=1S/C18H24N2O4/c1-13-15(9-11-21)14(2)20-10-6-7-16(18(20)19-13)24-12-5-4-8-17(22)23-3/h6-7,10,21H,2,4-5,8-9,11-12H2,1,3H3. The third kappa shape index (κ3) is 4.14. The van der Waals surface area contributed by atoms with Crippen molar-refractivity contribution < 1.29 is 19.4 Å². The highest BCUT2D eigenvalue weighted by Gasteiger charge is 2.27. The summed E-state index contributed by atoms with van der Waals surface area (Å²) in [6, 6.07) is 0. The van der Waals surface area contributed by atoms with Crippen LogP contribution in [0.2, 0.25) is 0 Å². The first-order valence-electron chi connectivity index (χ1n) is 8.04. The third-order valence-corrected chi connectivity index (χ3v) is 3.90. The Morgan fingerprint density at radius 3 is 2.92 bits per heavy atom. The molecule has 0 bridgehead atoms. The molecule has 2 aliphatic heterocycles. The van der Waals surface area contributed by atoms with E-state index >= 15 is 0 Å². The maximum Gasteiger partial charge on any atom is 0.305 e. The summed E-state index contributed by atoms with van der Waals surface area (Å²) >= 11 is 0.